The van der Waals surface area contributed by atoms with E-state index in [4.69, 9.17) is 10.2 Å². The van der Waals surface area contributed by atoms with Crippen molar-refractivity contribution >= 4 is 0 Å². The molecule has 0 amide bonds. The molecule has 0 aliphatic carbocycles. The Kier molecular flexibility index (Phi) is 2.39. The molecule has 0 bridgehead atoms. The Labute approximate surface area is 47.7 Å². The van der Waals surface area contributed by atoms with Gasteiger partial charge >= 0.3 is 0 Å². The third-order valence-corrected chi connectivity index (χ3v) is 0.642. The van der Waals surface area contributed by atoms with Crippen LogP contribution < -0.4 is 0 Å². The lowest BCUT2D eigenvalue weighted by Crippen LogP contribution is -2.44. The van der Waals surface area contributed by atoms with Crippen molar-refractivity contribution in [2.45, 2.75) is 18.6 Å². The maximum absolute atomic E-state index is 11.1. The first kappa shape index (κ1) is 8.64. The van der Waals surface area contributed by atoms with E-state index in [9.17, 15) is 17.6 Å². The molecule has 0 aromatic carbocycles. The molecular formula is C3H4F4O2. The van der Waals surface area contributed by atoms with E-state index in [0.717, 1.165) is 0 Å². The molecule has 56 valence electrons. The van der Waals surface area contributed by atoms with Crippen molar-refractivity contribution in [1.29, 1.82) is 0 Å². The van der Waals surface area contributed by atoms with Crippen LogP contribution in [0.4, 0.5) is 17.6 Å². The highest BCUT2D eigenvalue weighted by Gasteiger charge is 2.45. The van der Waals surface area contributed by atoms with Gasteiger partial charge < -0.3 is 10.2 Å². The molecule has 0 aliphatic heterocycles. The number of alkyl halides is 4. The predicted octanol–water partition coefficient (Wildman–Crippen LogP) is 0.197. The molecule has 0 spiro atoms. The van der Waals surface area contributed by atoms with E-state index in [-0.39, 0.29) is 0 Å². The molecule has 0 fully saturated rings. The Morgan fingerprint density at radius 3 is 1.11 bits per heavy atom. The van der Waals surface area contributed by atoms with Gasteiger partial charge in [0.05, 0.1) is 0 Å². The summed E-state index contributed by atoms with van der Waals surface area (Å²) in [4.78, 5) is 0. The highest BCUT2D eigenvalue weighted by molar-refractivity contribution is 4.69. The van der Waals surface area contributed by atoms with Gasteiger partial charge in [0.1, 0.15) is 0 Å². The first-order chi connectivity index (χ1) is 3.89. The van der Waals surface area contributed by atoms with Gasteiger partial charge in [0.15, 0.2) is 0 Å². The van der Waals surface area contributed by atoms with Crippen LogP contribution in [0.5, 0.6) is 0 Å². The summed E-state index contributed by atoms with van der Waals surface area (Å²) in [5, 5.41) is 15.4. The summed E-state index contributed by atoms with van der Waals surface area (Å²) >= 11 is 0. The van der Waals surface area contributed by atoms with E-state index < -0.39 is 18.6 Å². The zero-order chi connectivity index (χ0) is 7.65. The molecule has 0 saturated heterocycles. The van der Waals surface area contributed by atoms with Gasteiger partial charge in [-0.15, -0.1) is 0 Å². The van der Waals surface area contributed by atoms with Crippen molar-refractivity contribution < 1.29 is 27.8 Å². The summed E-state index contributed by atoms with van der Waals surface area (Å²) in [6.07, 6.45) is -7.70. The largest absolute Gasteiger partial charge is 0.357 e. The fourth-order valence-corrected chi connectivity index (χ4v) is 0.0952. The highest BCUT2D eigenvalue weighted by Crippen LogP contribution is 2.19. The summed E-state index contributed by atoms with van der Waals surface area (Å²) < 4.78 is 44.3. The van der Waals surface area contributed by atoms with E-state index in [1.165, 1.54) is 0 Å². The standard InChI is InChI=1S/C3H4F4O2/c4-1(5)3(8,9)2(6)7/h1-2,8-9H. The molecule has 0 aliphatic rings. The Hall–Kier alpha value is -0.360. The summed E-state index contributed by atoms with van der Waals surface area (Å²) in [6.45, 7) is 0. The van der Waals surface area contributed by atoms with E-state index in [1.54, 1.807) is 0 Å². The minimum atomic E-state index is -4.17. The van der Waals surface area contributed by atoms with Crippen molar-refractivity contribution in [3.63, 3.8) is 0 Å². The maximum Gasteiger partial charge on any atom is 0.297 e. The minimum absolute atomic E-state index is 3.85. The summed E-state index contributed by atoms with van der Waals surface area (Å²) in [5.41, 5.74) is 0. The molecule has 9 heavy (non-hydrogen) atoms. The molecule has 6 heteroatoms. The van der Waals surface area contributed by atoms with Crippen LogP contribution >= 0.6 is 0 Å². The molecule has 0 radical (unpaired) electrons. The fourth-order valence-electron chi connectivity index (χ4n) is 0.0952. The Balaban J connectivity index is 4.01. The van der Waals surface area contributed by atoms with Crippen LogP contribution in [0.25, 0.3) is 0 Å². The quantitative estimate of drug-likeness (QED) is 0.433. The van der Waals surface area contributed by atoms with Gasteiger partial charge in [-0.2, -0.15) is 0 Å². The number of hydrogen-bond acceptors (Lipinski definition) is 2. The number of halogens is 4. The van der Waals surface area contributed by atoms with Crippen LogP contribution in [0, 0.1) is 0 Å². The van der Waals surface area contributed by atoms with Crippen molar-refractivity contribution in [3.05, 3.63) is 0 Å². The third kappa shape index (κ3) is 1.79. The van der Waals surface area contributed by atoms with Crippen LogP contribution in [0.3, 0.4) is 0 Å². The Bertz CT molecular complexity index is 81.8. The molecule has 2 nitrogen and oxygen atoms in total. The number of rotatable bonds is 2. The lowest BCUT2D eigenvalue weighted by Gasteiger charge is -2.18. The molecule has 0 saturated carbocycles. The highest BCUT2D eigenvalue weighted by atomic mass is 19.3. The molecule has 0 atom stereocenters. The van der Waals surface area contributed by atoms with E-state index in [2.05, 4.69) is 0 Å². The number of aliphatic hydroxyl groups is 2. The second-order valence-corrected chi connectivity index (χ2v) is 1.38. The van der Waals surface area contributed by atoms with Crippen LogP contribution in [-0.4, -0.2) is 28.9 Å². The van der Waals surface area contributed by atoms with Crippen molar-refractivity contribution in [2.75, 3.05) is 0 Å². The zero-order valence-electron chi connectivity index (χ0n) is 4.06. The maximum atomic E-state index is 11.1. The van der Waals surface area contributed by atoms with Gasteiger partial charge in [0, 0.05) is 0 Å². The summed E-state index contributed by atoms with van der Waals surface area (Å²) in [6, 6.07) is 0. The summed E-state index contributed by atoms with van der Waals surface area (Å²) in [5.74, 6) is -4.17. The molecule has 0 unspecified atom stereocenters. The van der Waals surface area contributed by atoms with Gasteiger partial charge in [-0.05, 0) is 0 Å². The molecule has 0 aromatic rings. The van der Waals surface area contributed by atoms with Crippen LogP contribution in [0.1, 0.15) is 0 Å². The molecule has 2 N–H and O–H groups in total. The average molecular weight is 148 g/mol. The average Bonchev–Trinajstić information content (AvgIpc) is 1.65. The molecular weight excluding hydrogens is 144 g/mol. The van der Waals surface area contributed by atoms with Gasteiger partial charge in [0.2, 0.25) is 0 Å². The van der Waals surface area contributed by atoms with Gasteiger partial charge in [-0.1, -0.05) is 0 Å². The fraction of sp³-hybridized carbons (Fsp3) is 1.00. The first-order valence-corrected chi connectivity index (χ1v) is 1.90. The van der Waals surface area contributed by atoms with Crippen molar-refractivity contribution in [3.8, 4) is 0 Å². The van der Waals surface area contributed by atoms with Crippen LogP contribution in [-0.2, 0) is 0 Å². The SMILES string of the molecule is OC(O)(C(F)F)C(F)F. The molecule has 0 aromatic heterocycles. The van der Waals surface area contributed by atoms with Gasteiger partial charge in [-0.25, -0.2) is 17.6 Å². The second kappa shape index (κ2) is 2.49. The normalized spacial score (nSPS) is 13.3. The van der Waals surface area contributed by atoms with Gasteiger partial charge in [-0.3, -0.25) is 0 Å². The smallest absolute Gasteiger partial charge is 0.297 e. The Morgan fingerprint density at radius 1 is 0.889 bits per heavy atom. The lowest BCUT2D eigenvalue weighted by atomic mass is 10.3. The van der Waals surface area contributed by atoms with E-state index in [0.29, 0.717) is 0 Å². The monoisotopic (exact) mass is 148 g/mol. The van der Waals surface area contributed by atoms with Crippen LogP contribution in [0.15, 0.2) is 0 Å². The van der Waals surface area contributed by atoms with Gasteiger partial charge in [0.25, 0.3) is 18.6 Å². The Morgan fingerprint density at radius 2 is 1.11 bits per heavy atom. The molecule has 0 rings (SSSR count). The predicted molar refractivity (Wildman–Crippen MR) is 19.2 cm³/mol. The summed E-state index contributed by atoms with van der Waals surface area (Å²) in [7, 11) is 0. The van der Waals surface area contributed by atoms with E-state index in [1.807, 2.05) is 0 Å². The van der Waals surface area contributed by atoms with Crippen molar-refractivity contribution in [2.24, 2.45) is 0 Å². The first-order valence-electron chi connectivity index (χ1n) is 1.90. The second-order valence-electron chi connectivity index (χ2n) is 1.38. The molecule has 0 heterocycles. The number of hydrogen-bond donors (Lipinski definition) is 2. The minimum Gasteiger partial charge on any atom is -0.357 e. The third-order valence-electron chi connectivity index (χ3n) is 0.642. The van der Waals surface area contributed by atoms with Crippen molar-refractivity contribution in [1.82, 2.24) is 0 Å². The van der Waals surface area contributed by atoms with E-state index >= 15 is 0 Å². The van der Waals surface area contributed by atoms with Crippen LogP contribution in [0.2, 0.25) is 0 Å². The topological polar surface area (TPSA) is 40.5 Å². The lowest BCUT2D eigenvalue weighted by molar-refractivity contribution is -0.297. The zero-order valence-corrected chi connectivity index (χ0v) is 4.06.